The molecule has 0 radical (unpaired) electrons. The summed E-state index contributed by atoms with van der Waals surface area (Å²) in [7, 11) is 1.65. The highest BCUT2D eigenvalue weighted by Crippen LogP contribution is 2.34. The average Bonchev–Trinajstić information content (AvgIpc) is 3.21. The van der Waals surface area contributed by atoms with Gasteiger partial charge in [0.1, 0.15) is 5.75 Å². The first-order valence-electron chi connectivity index (χ1n) is 9.60. The van der Waals surface area contributed by atoms with Gasteiger partial charge in [0, 0.05) is 48.4 Å². The molecule has 0 saturated carbocycles. The zero-order valence-corrected chi connectivity index (χ0v) is 16.3. The van der Waals surface area contributed by atoms with Crippen LogP contribution in [0.25, 0.3) is 10.9 Å². The van der Waals surface area contributed by atoms with Crippen LogP contribution in [-0.2, 0) is 11.3 Å². The zero-order valence-electron chi connectivity index (χ0n) is 16.3. The van der Waals surface area contributed by atoms with Gasteiger partial charge in [-0.25, -0.2) is 0 Å². The number of hydrogen-bond donors (Lipinski definition) is 2. The molecule has 0 aliphatic heterocycles. The standard InChI is InChI=1S/C24H23N3O2/c1-29-19-8-6-18(7-9-19)21(22-16-26-23-5-3-2-4-20(22)23)14-24(28)27-15-17-10-12-25-13-11-17/h2-13,16,21,26H,14-15H2,1H3,(H,27,28)/t21-/m1/s1. The molecule has 29 heavy (non-hydrogen) atoms. The second-order valence-electron chi connectivity index (χ2n) is 6.95. The molecule has 0 aliphatic rings. The molecule has 4 aromatic rings. The van der Waals surface area contributed by atoms with Crippen molar-refractivity contribution in [3.8, 4) is 5.75 Å². The Morgan fingerprint density at radius 2 is 1.83 bits per heavy atom. The first-order chi connectivity index (χ1) is 14.2. The lowest BCUT2D eigenvalue weighted by Crippen LogP contribution is -2.25. The maximum Gasteiger partial charge on any atom is 0.221 e. The number of aromatic amines is 1. The number of aromatic nitrogens is 2. The summed E-state index contributed by atoms with van der Waals surface area (Å²) in [4.78, 5) is 20.1. The Morgan fingerprint density at radius 1 is 1.07 bits per heavy atom. The second-order valence-corrected chi connectivity index (χ2v) is 6.95. The van der Waals surface area contributed by atoms with E-state index in [-0.39, 0.29) is 11.8 Å². The van der Waals surface area contributed by atoms with E-state index in [1.54, 1.807) is 19.5 Å². The van der Waals surface area contributed by atoms with E-state index in [1.165, 1.54) is 0 Å². The topological polar surface area (TPSA) is 67.0 Å². The van der Waals surface area contributed by atoms with Gasteiger partial charge in [0.25, 0.3) is 0 Å². The van der Waals surface area contributed by atoms with E-state index in [0.29, 0.717) is 13.0 Å². The number of fused-ring (bicyclic) bond motifs is 1. The molecule has 5 heteroatoms. The van der Waals surface area contributed by atoms with Crippen molar-refractivity contribution >= 4 is 16.8 Å². The van der Waals surface area contributed by atoms with Crippen molar-refractivity contribution in [3.05, 3.63) is 95.9 Å². The molecular formula is C24H23N3O2. The molecule has 2 aromatic heterocycles. The van der Waals surface area contributed by atoms with Crippen LogP contribution in [0, 0.1) is 0 Å². The van der Waals surface area contributed by atoms with Gasteiger partial charge in [-0.2, -0.15) is 0 Å². The third-order valence-corrected chi connectivity index (χ3v) is 5.14. The molecule has 0 fully saturated rings. The minimum Gasteiger partial charge on any atom is -0.497 e. The van der Waals surface area contributed by atoms with Gasteiger partial charge in [-0.3, -0.25) is 9.78 Å². The highest BCUT2D eigenvalue weighted by Gasteiger charge is 2.21. The van der Waals surface area contributed by atoms with E-state index in [9.17, 15) is 4.79 Å². The lowest BCUT2D eigenvalue weighted by atomic mass is 9.88. The van der Waals surface area contributed by atoms with Crippen LogP contribution in [0.3, 0.4) is 0 Å². The second kappa shape index (κ2) is 8.61. The van der Waals surface area contributed by atoms with E-state index >= 15 is 0 Å². The van der Waals surface area contributed by atoms with E-state index in [1.807, 2.05) is 60.8 Å². The number of carbonyl (C=O) groups is 1. The number of nitrogens with zero attached hydrogens (tertiary/aromatic N) is 1. The summed E-state index contributed by atoms with van der Waals surface area (Å²) in [5, 5.41) is 4.16. The molecule has 0 spiro atoms. The molecule has 2 N–H and O–H groups in total. The van der Waals surface area contributed by atoms with Crippen LogP contribution >= 0.6 is 0 Å². The van der Waals surface area contributed by atoms with E-state index in [2.05, 4.69) is 21.4 Å². The van der Waals surface area contributed by atoms with E-state index in [4.69, 9.17) is 4.74 Å². The van der Waals surface area contributed by atoms with Crippen molar-refractivity contribution in [2.45, 2.75) is 18.9 Å². The van der Waals surface area contributed by atoms with Gasteiger partial charge >= 0.3 is 0 Å². The number of H-pyrrole nitrogens is 1. The molecule has 0 bridgehead atoms. The Kier molecular flexibility index (Phi) is 5.56. The van der Waals surface area contributed by atoms with Gasteiger partial charge in [-0.15, -0.1) is 0 Å². The number of amides is 1. The molecule has 2 aromatic carbocycles. The predicted octanol–water partition coefficient (Wildman–Crippen LogP) is 4.41. The Balaban J connectivity index is 1.60. The smallest absolute Gasteiger partial charge is 0.221 e. The number of pyridine rings is 1. The summed E-state index contributed by atoms with van der Waals surface area (Å²) in [6.07, 6.45) is 5.83. The van der Waals surface area contributed by atoms with Crippen molar-refractivity contribution in [3.63, 3.8) is 0 Å². The fourth-order valence-electron chi connectivity index (χ4n) is 3.58. The lowest BCUT2D eigenvalue weighted by Gasteiger charge is -2.18. The summed E-state index contributed by atoms with van der Waals surface area (Å²) in [6.45, 7) is 0.491. The Hall–Kier alpha value is -3.60. The molecule has 4 rings (SSSR count). The number of ether oxygens (including phenoxy) is 1. The largest absolute Gasteiger partial charge is 0.497 e. The fraction of sp³-hybridized carbons (Fsp3) is 0.167. The number of benzene rings is 2. The number of nitrogens with one attached hydrogen (secondary N) is 2. The summed E-state index contributed by atoms with van der Waals surface area (Å²) < 4.78 is 5.29. The van der Waals surface area contributed by atoms with Crippen molar-refractivity contribution in [1.82, 2.24) is 15.3 Å². The molecule has 0 saturated heterocycles. The number of para-hydroxylation sites is 1. The lowest BCUT2D eigenvalue weighted by molar-refractivity contribution is -0.121. The maximum absolute atomic E-state index is 12.8. The van der Waals surface area contributed by atoms with Gasteiger partial charge in [0.2, 0.25) is 5.91 Å². The van der Waals surface area contributed by atoms with Gasteiger partial charge in [-0.1, -0.05) is 30.3 Å². The van der Waals surface area contributed by atoms with Gasteiger partial charge in [0.05, 0.1) is 7.11 Å². The third-order valence-electron chi connectivity index (χ3n) is 5.14. The van der Waals surface area contributed by atoms with Crippen LogP contribution in [0.15, 0.2) is 79.3 Å². The molecule has 0 unspecified atom stereocenters. The Labute approximate surface area is 169 Å². The summed E-state index contributed by atoms with van der Waals surface area (Å²) in [5.74, 6) is 0.746. The average molecular weight is 385 g/mol. The number of carbonyl (C=O) groups excluding carboxylic acids is 1. The SMILES string of the molecule is COc1ccc([C@@H](CC(=O)NCc2ccncc2)c2c[nH]c3ccccc23)cc1. The zero-order chi connectivity index (χ0) is 20.1. The van der Waals surface area contributed by atoms with Crippen LogP contribution in [0.1, 0.15) is 29.0 Å². The highest BCUT2D eigenvalue weighted by molar-refractivity contribution is 5.86. The Bertz CT molecular complexity index is 1090. The maximum atomic E-state index is 12.8. The summed E-state index contributed by atoms with van der Waals surface area (Å²) in [6, 6.07) is 19.9. The van der Waals surface area contributed by atoms with Gasteiger partial charge < -0.3 is 15.0 Å². The quantitative estimate of drug-likeness (QED) is 0.495. The summed E-state index contributed by atoms with van der Waals surface area (Å²) >= 11 is 0. The molecular weight excluding hydrogens is 362 g/mol. The fourth-order valence-corrected chi connectivity index (χ4v) is 3.58. The van der Waals surface area contributed by atoms with Crippen molar-refractivity contribution in [2.75, 3.05) is 7.11 Å². The van der Waals surface area contributed by atoms with E-state index in [0.717, 1.165) is 33.3 Å². The minimum absolute atomic E-state index is 0.00733. The molecule has 146 valence electrons. The molecule has 1 atom stereocenters. The van der Waals surface area contributed by atoms with Crippen molar-refractivity contribution < 1.29 is 9.53 Å². The third kappa shape index (κ3) is 4.29. The normalized spacial score (nSPS) is 11.9. The molecule has 5 nitrogen and oxygen atoms in total. The van der Waals surface area contributed by atoms with Crippen molar-refractivity contribution in [1.29, 1.82) is 0 Å². The number of rotatable bonds is 7. The Morgan fingerprint density at radius 3 is 2.59 bits per heavy atom. The van der Waals surface area contributed by atoms with Gasteiger partial charge in [-0.05, 0) is 47.0 Å². The number of hydrogen-bond acceptors (Lipinski definition) is 3. The highest BCUT2D eigenvalue weighted by atomic mass is 16.5. The summed E-state index contributed by atoms with van der Waals surface area (Å²) in [5.41, 5.74) is 4.29. The van der Waals surface area contributed by atoms with Crippen LogP contribution in [0.2, 0.25) is 0 Å². The van der Waals surface area contributed by atoms with Crippen LogP contribution in [0.5, 0.6) is 5.75 Å². The first-order valence-corrected chi connectivity index (χ1v) is 9.60. The molecule has 2 heterocycles. The van der Waals surface area contributed by atoms with Gasteiger partial charge in [0.15, 0.2) is 0 Å². The van der Waals surface area contributed by atoms with Crippen LogP contribution in [-0.4, -0.2) is 23.0 Å². The minimum atomic E-state index is -0.0607. The monoisotopic (exact) mass is 385 g/mol. The predicted molar refractivity (Wildman–Crippen MR) is 114 cm³/mol. The number of methoxy groups -OCH3 is 1. The molecule has 0 aliphatic carbocycles. The van der Waals surface area contributed by atoms with E-state index < -0.39 is 0 Å². The van der Waals surface area contributed by atoms with Crippen LogP contribution < -0.4 is 10.1 Å². The molecule has 1 amide bonds. The first kappa shape index (κ1) is 18.7. The van der Waals surface area contributed by atoms with Crippen LogP contribution in [0.4, 0.5) is 0 Å². The van der Waals surface area contributed by atoms with Crippen molar-refractivity contribution in [2.24, 2.45) is 0 Å².